The lowest BCUT2D eigenvalue weighted by molar-refractivity contribution is -0.147. The van der Waals surface area contributed by atoms with E-state index in [0.29, 0.717) is 18.2 Å². The number of rotatable bonds is 7. The van der Waals surface area contributed by atoms with Gasteiger partial charge in [-0.05, 0) is 37.9 Å². The van der Waals surface area contributed by atoms with Crippen molar-refractivity contribution in [3.05, 3.63) is 0 Å². The molecule has 8 heteroatoms. The van der Waals surface area contributed by atoms with Crippen molar-refractivity contribution in [2.24, 2.45) is 23.5 Å². The Balaban J connectivity index is 0.00000225. The lowest BCUT2D eigenvalue weighted by atomic mass is 9.81. The molecule has 3 amide bonds. The number of likely N-dealkylation sites (tertiary alicyclic amines) is 1. The number of amides is 3. The van der Waals surface area contributed by atoms with Crippen LogP contribution in [0.1, 0.15) is 38.5 Å². The Kier molecular flexibility index (Phi) is 7.17. The summed E-state index contributed by atoms with van der Waals surface area (Å²) >= 11 is 1.48. The molecule has 1 saturated heterocycles. The maximum Gasteiger partial charge on any atom is 0.244 e. The van der Waals surface area contributed by atoms with Crippen LogP contribution in [0.4, 0.5) is 0 Å². The highest BCUT2D eigenvalue weighted by atomic mass is 35.5. The fraction of sp³-hybridized carbons (Fsp3) is 0.824. The van der Waals surface area contributed by atoms with E-state index in [9.17, 15) is 14.4 Å². The third-order valence-corrected chi connectivity index (χ3v) is 6.20. The van der Waals surface area contributed by atoms with Crippen LogP contribution in [0.5, 0.6) is 0 Å². The summed E-state index contributed by atoms with van der Waals surface area (Å²) in [6.07, 6.45) is 7.65. The Hall–Kier alpha value is -0.790. The van der Waals surface area contributed by atoms with Gasteiger partial charge in [0.1, 0.15) is 6.04 Å². The molecule has 3 fully saturated rings. The van der Waals surface area contributed by atoms with Crippen molar-refractivity contribution in [1.29, 1.82) is 0 Å². The topological polar surface area (TPSA) is 92.5 Å². The molecule has 0 aromatic rings. The van der Waals surface area contributed by atoms with Crippen molar-refractivity contribution in [2.75, 3.05) is 18.6 Å². The van der Waals surface area contributed by atoms with Crippen LogP contribution in [0, 0.1) is 17.8 Å². The fourth-order valence-electron chi connectivity index (χ4n) is 3.95. The minimum absolute atomic E-state index is 0. The zero-order valence-corrected chi connectivity index (χ0v) is 16.2. The first-order chi connectivity index (χ1) is 11.5. The van der Waals surface area contributed by atoms with Gasteiger partial charge in [-0.25, -0.2) is 0 Å². The summed E-state index contributed by atoms with van der Waals surface area (Å²) in [6.45, 7) is 0.414. The molecule has 4 unspecified atom stereocenters. The van der Waals surface area contributed by atoms with E-state index >= 15 is 0 Å². The maximum absolute atomic E-state index is 12.7. The summed E-state index contributed by atoms with van der Waals surface area (Å²) in [6, 6.07) is -0.742. The summed E-state index contributed by atoms with van der Waals surface area (Å²) in [5.41, 5.74) is 6.04. The van der Waals surface area contributed by atoms with Gasteiger partial charge < -0.3 is 11.1 Å². The molecule has 0 radical (unpaired) electrons. The first-order valence-corrected chi connectivity index (χ1v) is 10.3. The Labute approximate surface area is 159 Å². The molecule has 3 rings (SSSR count). The minimum Gasteiger partial charge on any atom is -0.353 e. The lowest BCUT2D eigenvalue weighted by Crippen LogP contribution is -2.53. The first kappa shape index (κ1) is 20.5. The Morgan fingerprint density at radius 3 is 2.24 bits per heavy atom. The normalized spacial score (nSPS) is 28.2. The third-order valence-electron chi connectivity index (χ3n) is 5.55. The number of carbonyl (C=O) groups is 3. The van der Waals surface area contributed by atoms with Gasteiger partial charge in [-0.2, -0.15) is 11.8 Å². The number of imide groups is 1. The van der Waals surface area contributed by atoms with Gasteiger partial charge >= 0.3 is 0 Å². The number of hydrogen-bond acceptors (Lipinski definition) is 5. The third kappa shape index (κ3) is 4.31. The van der Waals surface area contributed by atoms with Gasteiger partial charge in [0.15, 0.2) is 0 Å². The molecular formula is C17H28ClN3O3S. The van der Waals surface area contributed by atoms with E-state index in [0.717, 1.165) is 38.5 Å². The van der Waals surface area contributed by atoms with Crippen LogP contribution >= 0.6 is 24.2 Å². The van der Waals surface area contributed by atoms with Crippen molar-refractivity contribution < 1.29 is 14.4 Å². The molecule has 1 aliphatic heterocycles. The summed E-state index contributed by atoms with van der Waals surface area (Å²) < 4.78 is 0. The van der Waals surface area contributed by atoms with Crippen molar-refractivity contribution in [2.45, 2.75) is 50.6 Å². The van der Waals surface area contributed by atoms with Crippen LogP contribution in [0.25, 0.3) is 0 Å². The number of nitrogens with two attached hydrogens (primary N) is 1. The van der Waals surface area contributed by atoms with Crippen molar-refractivity contribution >= 4 is 41.9 Å². The second-order valence-electron chi connectivity index (χ2n) is 7.26. The summed E-state index contributed by atoms with van der Waals surface area (Å²) in [4.78, 5) is 39.3. The standard InChI is InChI=1S/C17H27N3O3S.ClH/c1-24-9-14(15(21)19-8-13(18)10-6-7-10)20-16(22)11-4-2-3-5-12(11)17(20)23;/h10-14H,2-9,18H2,1H3,(H,19,21);1H. The van der Waals surface area contributed by atoms with Crippen LogP contribution in [0.3, 0.4) is 0 Å². The highest BCUT2D eigenvalue weighted by Gasteiger charge is 2.51. The molecule has 2 aliphatic carbocycles. The van der Waals surface area contributed by atoms with E-state index in [1.54, 1.807) is 0 Å². The molecule has 0 aromatic heterocycles. The highest BCUT2D eigenvalue weighted by molar-refractivity contribution is 7.98. The number of halogens is 1. The molecule has 25 heavy (non-hydrogen) atoms. The maximum atomic E-state index is 12.7. The van der Waals surface area contributed by atoms with Crippen LogP contribution < -0.4 is 11.1 Å². The van der Waals surface area contributed by atoms with Crippen LogP contribution in [0.2, 0.25) is 0 Å². The van der Waals surface area contributed by atoms with E-state index in [-0.39, 0.29) is 48.0 Å². The average Bonchev–Trinajstić information content (AvgIpc) is 3.40. The molecule has 142 valence electrons. The van der Waals surface area contributed by atoms with Crippen LogP contribution in [0.15, 0.2) is 0 Å². The van der Waals surface area contributed by atoms with Crippen molar-refractivity contribution in [1.82, 2.24) is 10.2 Å². The summed E-state index contributed by atoms with van der Waals surface area (Å²) in [7, 11) is 0. The largest absolute Gasteiger partial charge is 0.353 e. The number of hydrogen-bond donors (Lipinski definition) is 2. The molecule has 3 N–H and O–H groups in total. The van der Waals surface area contributed by atoms with E-state index in [1.165, 1.54) is 16.7 Å². The number of thioether (sulfide) groups is 1. The summed E-state index contributed by atoms with van der Waals surface area (Å²) in [5, 5.41) is 2.86. The Morgan fingerprint density at radius 1 is 1.20 bits per heavy atom. The SMILES string of the molecule is CSCC(C(=O)NCC(N)C1CC1)N1C(=O)C2CCCCC2C1=O.Cl. The number of nitrogens with zero attached hydrogens (tertiary/aromatic N) is 1. The van der Waals surface area contributed by atoms with Crippen molar-refractivity contribution in [3.63, 3.8) is 0 Å². The minimum atomic E-state index is -0.711. The molecule has 6 nitrogen and oxygen atoms in total. The molecular weight excluding hydrogens is 362 g/mol. The monoisotopic (exact) mass is 389 g/mol. The highest BCUT2D eigenvalue weighted by Crippen LogP contribution is 2.39. The number of fused-ring (bicyclic) bond motifs is 1. The van der Waals surface area contributed by atoms with Gasteiger partial charge in [-0.3, -0.25) is 19.3 Å². The van der Waals surface area contributed by atoms with E-state index < -0.39 is 6.04 Å². The van der Waals surface area contributed by atoms with E-state index in [1.807, 2.05) is 6.26 Å². The quantitative estimate of drug-likeness (QED) is 0.637. The van der Waals surface area contributed by atoms with Gasteiger partial charge in [0, 0.05) is 18.3 Å². The Morgan fingerprint density at radius 2 is 1.76 bits per heavy atom. The van der Waals surface area contributed by atoms with Crippen LogP contribution in [-0.2, 0) is 14.4 Å². The zero-order valence-electron chi connectivity index (χ0n) is 14.6. The second kappa shape index (κ2) is 8.73. The first-order valence-electron chi connectivity index (χ1n) is 8.93. The van der Waals surface area contributed by atoms with E-state index in [4.69, 9.17) is 5.73 Å². The van der Waals surface area contributed by atoms with Crippen molar-refractivity contribution in [3.8, 4) is 0 Å². The fourth-order valence-corrected chi connectivity index (χ4v) is 4.56. The zero-order chi connectivity index (χ0) is 17.3. The molecule has 4 atom stereocenters. The van der Waals surface area contributed by atoms with E-state index in [2.05, 4.69) is 5.32 Å². The smallest absolute Gasteiger partial charge is 0.244 e. The van der Waals surface area contributed by atoms with Gasteiger partial charge in [0.05, 0.1) is 11.8 Å². The molecule has 3 aliphatic rings. The lowest BCUT2D eigenvalue weighted by Gasteiger charge is -2.26. The molecule has 0 spiro atoms. The average molecular weight is 390 g/mol. The van der Waals surface area contributed by atoms with Gasteiger partial charge in [0.25, 0.3) is 0 Å². The Bertz CT molecular complexity index is 505. The van der Waals surface area contributed by atoms with Gasteiger partial charge in [0.2, 0.25) is 17.7 Å². The molecule has 1 heterocycles. The van der Waals surface area contributed by atoms with Gasteiger partial charge in [-0.15, -0.1) is 12.4 Å². The van der Waals surface area contributed by atoms with Gasteiger partial charge in [-0.1, -0.05) is 12.8 Å². The molecule has 0 bridgehead atoms. The summed E-state index contributed by atoms with van der Waals surface area (Å²) in [5.74, 6) is -0.0328. The molecule has 0 aromatic carbocycles. The number of nitrogens with one attached hydrogen (secondary N) is 1. The molecule has 2 saturated carbocycles. The van der Waals surface area contributed by atoms with Crippen LogP contribution in [-0.4, -0.2) is 53.3 Å². The predicted octanol–water partition coefficient (Wildman–Crippen LogP) is 1.17. The predicted molar refractivity (Wildman–Crippen MR) is 100 cm³/mol. The second-order valence-corrected chi connectivity index (χ2v) is 8.17. The number of carbonyl (C=O) groups excluding carboxylic acids is 3.